The lowest BCUT2D eigenvalue weighted by molar-refractivity contribution is -0.135. The maximum atomic E-state index is 13.4. The molecule has 1 unspecified atom stereocenters. The number of piperidine rings is 1. The Hall–Kier alpha value is -2.00. The van der Waals surface area contributed by atoms with E-state index in [0.717, 1.165) is 44.4 Å². The quantitative estimate of drug-likeness (QED) is 0.742. The number of aromatic nitrogens is 3. The molecule has 1 amide bonds. The van der Waals surface area contributed by atoms with Crippen LogP contribution >= 0.6 is 0 Å². The molecule has 0 aliphatic carbocycles. The molecule has 0 bridgehead atoms. The molecule has 2 aliphatic heterocycles. The Balaban J connectivity index is 1.58. The first-order valence-electron chi connectivity index (χ1n) is 10.6. The molecule has 29 heavy (non-hydrogen) atoms. The number of amides is 1. The molecule has 2 aliphatic rings. The van der Waals surface area contributed by atoms with Crippen molar-refractivity contribution in [3.05, 3.63) is 18.2 Å². The van der Waals surface area contributed by atoms with Crippen molar-refractivity contribution in [3.8, 4) is 0 Å². The molecule has 0 N–H and O–H groups in total. The summed E-state index contributed by atoms with van der Waals surface area (Å²) in [7, 11) is -3.77. The van der Waals surface area contributed by atoms with Gasteiger partial charge < -0.3 is 4.90 Å². The second kappa shape index (κ2) is 8.02. The lowest BCUT2D eigenvalue weighted by atomic mass is 9.98. The number of carbonyl (C=O) groups excluding carboxylic acids is 1. The number of nitrogens with zero attached hydrogens (tertiary/aromatic N) is 5. The zero-order valence-electron chi connectivity index (χ0n) is 17.1. The van der Waals surface area contributed by atoms with Crippen LogP contribution < -0.4 is 0 Å². The fraction of sp³-hybridized carbons (Fsp3) is 0.650. The molecule has 2 fully saturated rings. The molecule has 158 valence electrons. The minimum atomic E-state index is -3.77. The number of fused-ring (bicyclic) bond motifs is 1. The number of rotatable bonds is 5. The van der Waals surface area contributed by atoms with E-state index in [4.69, 9.17) is 0 Å². The average molecular weight is 420 g/mol. The number of aryl methyl sites for hydroxylation is 1. The summed E-state index contributed by atoms with van der Waals surface area (Å²) in [4.78, 5) is 15.1. The van der Waals surface area contributed by atoms with E-state index in [1.165, 1.54) is 4.31 Å². The topological polar surface area (TPSA) is 88.4 Å². The van der Waals surface area contributed by atoms with Gasteiger partial charge in [-0.3, -0.25) is 4.79 Å². The Labute approximate surface area is 171 Å². The fourth-order valence-corrected chi connectivity index (χ4v) is 6.01. The number of hydrogen-bond acceptors (Lipinski definition) is 5. The molecule has 9 heteroatoms. The van der Waals surface area contributed by atoms with Crippen molar-refractivity contribution in [2.24, 2.45) is 5.92 Å². The zero-order valence-corrected chi connectivity index (χ0v) is 17.9. The summed E-state index contributed by atoms with van der Waals surface area (Å²) in [5.74, 6) is 0.572. The van der Waals surface area contributed by atoms with E-state index in [1.807, 2.05) is 4.90 Å². The van der Waals surface area contributed by atoms with Crippen molar-refractivity contribution in [2.75, 3.05) is 19.6 Å². The maximum Gasteiger partial charge on any atom is 0.243 e. The normalized spacial score (nSPS) is 21.9. The zero-order chi connectivity index (χ0) is 20.6. The highest BCUT2D eigenvalue weighted by Gasteiger charge is 2.41. The molecule has 1 aromatic carbocycles. The number of hydrogen-bond donors (Lipinski definition) is 0. The van der Waals surface area contributed by atoms with Crippen molar-refractivity contribution < 1.29 is 13.2 Å². The van der Waals surface area contributed by atoms with Crippen molar-refractivity contribution in [1.29, 1.82) is 0 Å². The number of carbonyl (C=O) groups is 1. The third-order valence-electron chi connectivity index (χ3n) is 6.11. The number of benzene rings is 1. The van der Waals surface area contributed by atoms with E-state index < -0.39 is 16.1 Å². The van der Waals surface area contributed by atoms with Crippen molar-refractivity contribution in [1.82, 2.24) is 24.2 Å². The van der Waals surface area contributed by atoms with Gasteiger partial charge in [0, 0.05) is 26.2 Å². The molecular formula is C20H29N5O3S. The van der Waals surface area contributed by atoms with Crippen LogP contribution in [0.2, 0.25) is 0 Å². The molecule has 4 rings (SSSR count). The van der Waals surface area contributed by atoms with Gasteiger partial charge in [0.2, 0.25) is 15.9 Å². The third-order valence-corrected chi connectivity index (χ3v) is 8.02. The Morgan fingerprint density at radius 2 is 1.93 bits per heavy atom. The predicted octanol–water partition coefficient (Wildman–Crippen LogP) is 2.25. The molecule has 0 saturated carbocycles. The smallest absolute Gasteiger partial charge is 0.243 e. The first-order chi connectivity index (χ1) is 13.9. The highest BCUT2D eigenvalue weighted by atomic mass is 32.2. The van der Waals surface area contributed by atoms with Crippen LogP contribution in [0.3, 0.4) is 0 Å². The van der Waals surface area contributed by atoms with E-state index in [1.54, 1.807) is 22.9 Å². The molecule has 1 atom stereocenters. The number of likely N-dealkylation sites (tertiary alicyclic amines) is 1. The van der Waals surface area contributed by atoms with E-state index in [0.29, 0.717) is 30.8 Å². The molecule has 3 heterocycles. The van der Waals surface area contributed by atoms with Gasteiger partial charge in [-0.15, -0.1) is 5.10 Å². The van der Waals surface area contributed by atoms with E-state index in [-0.39, 0.29) is 10.8 Å². The summed E-state index contributed by atoms with van der Waals surface area (Å²) in [6.45, 7) is 6.80. The van der Waals surface area contributed by atoms with Crippen LogP contribution in [0.4, 0.5) is 0 Å². The highest BCUT2D eigenvalue weighted by Crippen LogP contribution is 2.29. The van der Waals surface area contributed by atoms with Crippen molar-refractivity contribution in [3.63, 3.8) is 0 Å². The molecular weight excluding hydrogens is 390 g/mol. The predicted molar refractivity (Wildman–Crippen MR) is 110 cm³/mol. The van der Waals surface area contributed by atoms with Crippen molar-refractivity contribution >= 4 is 27.0 Å². The second-order valence-electron chi connectivity index (χ2n) is 8.24. The fourth-order valence-electron chi connectivity index (χ4n) is 4.34. The maximum absolute atomic E-state index is 13.4. The lowest BCUT2D eigenvalue weighted by Gasteiger charge is -2.34. The minimum absolute atomic E-state index is 0.0482. The summed E-state index contributed by atoms with van der Waals surface area (Å²) in [5.41, 5.74) is 1.38. The largest absolute Gasteiger partial charge is 0.341 e. The van der Waals surface area contributed by atoms with Gasteiger partial charge in [-0.05, 0) is 56.2 Å². The van der Waals surface area contributed by atoms with Gasteiger partial charge in [-0.1, -0.05) is 19.1 Å². The molecule has 2 saturated heterocycles. The summed E-state index contributed by atoms with van der Waals surface area (Å²) < 4.78 is 29.9. The van der Waals surface area contributed by atoms with Crippen LogP contribution in [0.25, 0.3) is 11.0 Å². The van der Waals surface area contributed by atoms with Gasteiger partial charge in [0.15, 0.2) is 0 Å². The SMILES string of the molecule is CCCn1nnc2cc(S(=O)(=O)N3CCCC3C(=O)N3CCC(C)CC3)ccc21. The van der Waals surface area contributed by atoms with Gasteiger partial charge in [0.05, 0.1) is 10.4 Å². The van der Waals surface area contributed by atoms with Gasteiger partial charge in [-0.2, -0.15) is 4.31 Å². The molecule has 0 spiro atoms. The monoisotopic (exact) mass is 419 g/mol. The molecule has 2 aromatic rings. The van der Waals surface area contributed by atoms with Gasteiger partial charge in [0.1, 0.15) is 11.6 Å². The van der Waals surface area contributed by atoms with Crippen LogP contribution in [0.15, 0.2) is 23.1 Å². The summed E-state index contributed by atoms with van der Waals surface area (Å²) in [5, 5.41) is 8.24. The average Bonchev–Trinajstić information content (AvgIpc) is 3.36. The highest BCUT2D eigenvalue weighted by molar-refractivity contribution is 7.89. The first-order valence-corrected chi connectivity index (χ1v) is 12.0. The Morgan fingerprint density at radius 3 is 2.66 bits per heavy atom. The van der Waals surface area contributed by atoms with Crippen LogP contribution in [0, 0.1) is 5.92 Å². The van der Waals surface area contributed by atoms with Gasteiger partial charge in [0.25, 0.3) is 0 Å². The second-order valence-corrected chi connectivity index (χ2v) is 10.1. The first kappa shape index (κ1) is 20.3. The molecule has 1 aromatic heterocycles. The third kappa shape index (κ3) is 3.77. The van der Waals surface area contributed by atoms with Crippen LogP contribution in [0.1, 0.15) is 46.0 Å². The van der Waals surface area contributed by atoms with Crippen LogP contribution in [-0.2, 0) is 21.4 Å². The Bertz CT molecular complexity index is 995. The lowest BCUT2D eigenvalue weighted by Crippen LogP contribution is -2.49. The summed E-state index contributed by atoms with van der Waals surface area (Å²) in [6, 6.07) is 4.35. The summed E-state index contributed by atoms with van der Waals surface area (Å²) in [6.07, 6.45) is 4.17. The summed E-state index contributed by atoms with van der Waals surface area (Å²) >= 11 is 0. The minimum Gasteiger partial charge on any atom is -0.341 e. The van der Waals surface area contributed by atoms with E-state index in [2.05, 4.69) is 24.2 Å². The Morgan fingerprint density at radius 1 is 1.17 bits per heavy atom. The number of sulfonamides is 1. The Kier molecular flexibility index (Phi) is 5.61. The standard InChI is InChI=1S/C20H29N5O3S/c1-3-10-24-18-7-6-16(14-17(18)21-22-24)29(27,28)25-11-4-5-19(25)20(26)23-12-8-15(2)9-13-23/h6-7,14-15,19H,3-5,8-13H2,1-2H3. The van der Waals surface area contributed by atoms with Crippen LogP contribution in [0.5, 0.6) is 0 Å². The van der Waals surface area contributed by atoms with E-state index in [9.17, 15) is 13.2 Å². The van der Waals surface area contributed by atoms with Crippen LogP contribution in [-0.4, -0.2) is 64.2 Å². The van der Waals surface area contributed by atoms with Crippen molar-refractivity contribution in [2.45, 2.75) is 63.4 Å². The molecule has 0 radical (unpaired) electrons. The molecule has 8 nitrogen and oxygen atoms in total. The van der Waals surface area contributed by atoms with E-state index >= 15 is 0 Å². The van der Waals surface area contributed by atoms with Gasteiger partial charge in [-0.25, -0.2) is 13.1 Å². The van der Waals surface area contributed by atoms with Gasteiger partial charge >= 0.3 is 0 Å².